The van der Waals surface area contributed by atoms with E-state index in [9.17, 15) is 9.59 Å². The molecule has 4 atom stereocenters. The summed E-state index contributed by atoms with van der Waals surface area (Å²) in [6, 6.07) is 10.3. The number of Topliss-reactive ketones (excluding diaryl/α,β-unsaturated/α-hetero) is 2. The highest BCUT2D eigenvalue weighted by Gasteiger charge is 2.56. The maximum absolute atomic E-state index is 12.4. The Morgan fingerprint density at radius 3 is 2.00 bits per heavy atom. The highest BCUT2D eigenvalue weighted by molar-refractivity contribution is 5.96. The first-order valence-electron chi connectivity index (χ1n) is 7.35. The zero-order chi connectivity index (χ0) is 13.0. The average Bonchev–Trinajstić information content (AvgIpc) is 2.42. The van der Waals surface area contributed by atoms with Gasteiger partial charge in [0.15, 0.2) is 0 Å². The van der Waals surface area contributed by atoms with Gasteiger partial charge in [-0.2, -0.15) is 0 Å². The number of carbonyl (C=O) groups excluding carboxylic acids is 2. The van der Waals surface area contributed by atoms with Crippen molar-refractivity contribution < 1.29 is 9.59 Å². The van der Waals surface area contributed by atoms with E-state index in [0.29, 0.717) is 11.6 Å². The molecular weight excluding hydrogens is 236 g/mol. The number of hydrogen-bond donors (Lipinski definition) is 0. The van der Waals surface area contributed by atoms with Crippen molar-refractivity contribution >= 4 is 11.6 Å². The van der Waals surface area contributed by atoms with E-state index in [1.54, 1.807) is 0 Å². The minimum Gasteiger partial charge on any atom is -0.299 e. The second-order valence-corrected chi connectivity index (χ2v) is 6.47. The molecule has 0 unspecified atom stereocenters. The minimum absolute atomic E-state index is 0.167. The second-order valence-electron chi connectivity index (χ2n) is 6.47. The summed E-state index contributed by atoms with van der Waals surface area (Å²) in [5.74, 6) is 1.94. The van der Waals surface area contributed by atoms with E-state index in [1.807, 2.05) is 18.2 Å². The van der Waals surface area contributed by atoms with Gasteiger partial charge in [-0.15, -0.1) is 0 Å². The first-order chi connectivity index (χ1) is 9.24. The number of carbonyl (C=O) groups is 2. The van der Waals surface area contributed by atoms with Crippen LogP contribution in [-0.2, 0) is 16.0 Å². The van der Waals surface area contributed by atoms with Crippen LogP contribution in [0, 0.1) is 29.6 Å². The Morgan fingerprint density at radius 2 is 1.42 bits per heavy atom. The van der Waals surface area contributed by atoms with Crippen molar-refractivity contribution in [2.75, 3.05) is 0 Å². The topological polar surface area (TPSA) is 34.1 Å². The van der Waals surface area contributed by atoms with Crippen LogP contribution in [0.1, 0.15) is 24.8 Å². The molecule has 0 aliphatic heterocycles. The van der Waals surface area contributed by atoms with Crippen molar-refractivity contribution in [1.82, 2.24) is 0 Å². The van der Waals surface area contributed by atoms with Crippen molar-refractivity contribution in [3.63, 3.8) is 0 Å². The highest BCUT2D eigenvalue weighted by Crippen LogP contribution is 2.53. The third-order valence-corrected chi connectivity index (χ3v) is 5.53. The van der Waals surface area contributed by atoms with Gasteiger partial charge in [-0.25, -0.2) is 0 Å². The van der Waals surface area contributed by atoms with Gasteiger partial charge >= 0.3 is 0 Å². The summed E-state index contributed by atoms with van der Waals surface area (Å²) in [7, 11) is 0. The van der Waals surface area contributed by atoms with E-state index >= 15 is 0 Å². The molecule has 0 spiro atoms. The van der Waals surface area contributed by atoms with Gasteiger partial charge in [0, 0.05) is 23.7 Å². The summed E-state index contributed by atoms with van der Waals surface area (Å²) in [6.07, 6.45) is 3.42. The van der Waals surface area contributed by atoms with Crippen molar-refractivity contribution in [3.8, 4) is 0 Å². The van der Waals surface area contributed by atoms with Crippen molar-refractivity contribution in [2.24, 2.45) is 29.6 Å². The van der Waals surface area contributed by atoms with Gasteiger partial charge in [-0.1, -0.05) is 30.3 Å². The number of rotatable bonds is 2. The lowest BCUT2D eigenvalue weighted by Gasteiger charge is -2.52. The Bertz CT molecular complexity index is 505. The number of benzene rings is 1. The molecule has 98 valence electrons. The van der Waals surface area contributed by atoms with Crippen LogP contribution >= 0.6 is 0 Å². The molecule has 0 saturated heterocycles. The normalized spacial score (nSPS) is 39.9. The van der Waals surface area contributed by atoms with Crippen LogP contribution in [0.15, 0.2) is 30.3 Å². The molecule has 4 fully saturated rings. The molecule has 0 amide bonds. The molecule has 2 nitrogen and oxygen atoms in total. The van der Waals surface area contributed by atoms with Crippen LogP contribution in [0.2, 0.25) is 0 Å². The van der Waals surface area contributed by atoms with Crippen LogP contribution in [0.5, 0.6) is 0 Å². The third kappa shape index (κ3) is 1.62. The fourth-order valence-corrected chi connectivity index (χ4v) is 4.67. The summed E-state index contributed by atoms with van der Waals surface area (Å²) < 4.78 is 0. The number of ketones is 2. The van der Waals surface area contributed by atoms with E-state index in [4.69, 9.17) is 0 Å². The van der Waals surface area contributed by atoms with Gasteiger partial charge in [-0.05, 0) is 37.2 Å². The lowest BCUT2D eigenvalue weighted by atomic mass is 9.50. The minimum atomic E-state index is 0.167. The fourth-order valence-electron chi connectivity index (χ4n) is 4.67. The van der Waals surface area contributed by atoms with Crippen LogP contribution in [0.25, 0.3) is 0 Å². The van der Waals surface area contributed by atoms with Crippen LogP contribution in [-0.4, -0.2) is 11.6 Å². The zero-order valence-corrected chi connectivity index (χ0v) is 10.9. The molecule has 5 rings (SSSR count). The lowest BCUT2D eigenvalue weighted by Crippen LogP contribution is -2.56. The fraction of sp³-hybridized carbons (Fsp3) is 0.529. The molecule has 1 aromatic rings. The Kier molecular flexibility index (Phi) is 2.41. The molecule has 4 saturated carbocycles. The molecule has 0 N–H and O–H groups in total. The van der Waals surface area contributed by atoms with E-state index in [2.05, 4.69) is 12.1 Å². The largest absolute Gasteiger partial charge is 0.299 e. The zero-order valence-electron chi connectivity index (χ0n) is 10.9. The van der Waals surface area contributed by atoms with Gasteiger partial charge in [0.25, 0.3) is 0 Å². The quantitative estimate of drug-likeness (QED) is 0.813. The molecule has 2 heteroatoms. The molecule has 19 heavy (non-hydrogen) atoms. The van der Waals surface area contributed by atoms with Crippen molar-refractivity contribution in [3.05, 3.63) is 35.9 Å². The molecule has 4 bridgehead atoms. The Morgan fingerprint density at radius 1 is 0.842 bits per heavy atom. The van der Waals surface area contributed by atoms with Gasteiger partial charge in [0.1, 0.15) is 11.6 Å². The Labute approximate surface area is 113 Å². The molecule has 0 heterocycles. The van der Waals surface area contributed by atoms with E-state index in [-0.39, 0.29) is 29.6 Å². The highest BCUT2D eigenvalue weighted by atomic mass is 16.1. The molecule has 0 radical (unpaired) electrons. The lowest BCUT2D eigenvalue weighted by molar-refractivity contribution is -0.157. The summed E-state index contributed by atoms with van der Waals surface area (Å²) >= 11 is 0. The molecule has 0 aromatic heterocycles. The molecule has 4 aliphatic rings. The van der Waals surface area contributed by atoms with Crippen molar-refractivity contribution in [1.29, 1.82) is 0 Å². The first-order valence-corrected chi connectivity index (χ1v) is 7.35. The third-order valence-electron chi connectivity index (χ3n) is 5.53. The SMILES string of the molecule is O=C1[C@H]2C[C@H]3C[C@@H]1C(Cc1ccccc1)[C@@H](C2)C3=O. The van der Waals surface area contributed by atoms with E-state index < -0.39 is 0 Å². The van der Waals surface area contributed by atoms with E-state index in [0.717, 1.165) is 25.7 Å². The van der Waals surface area contributed by atoms with Gasteiger partial charge in [-0.3, -0.25) is 9.59 Å². The predicted octanol–water partition coefficient (Wildman–Crippen LogP) is 2.66. The summed E-state index contributed by atoms with van der Waals surface area (Å²) in [6.45, 7) is 0. The van der Waals surface area contributed by atoms with Gasteiger partial charge in [0.05, 0.1) is 0 Å². The number of hydrogen-bond acceptors (Lipinski definition) is 2. The van der Waals surface area contributed by atoms with Crippen LogP contribution < -0.4 is 0 Å². The summed E-state index contributed by atoms with van der Waals surface area (Å²) in [5, 5.41) is 0. The molecular formula is C17H18O2. The molecule has 4 aliphatic carbocycles. The van der Waals surface area contributed by atoms with Gasteiger partial charge in [0.2, 0.25) is 0 Å². The first kappa shape index (κ1) is 11.4. The van der Waals surface area contributed by atoms with Crippen LogP contribution in [0.3, 0.4) is 0 Å². The van der Waals surface area contributed by atoms with Crippen molar-refractivity contribution in [2.45, 2.75) is 25.7 Å². The maximum atomic E-state index is 12.4. The van der Waals surface area contributed by atoms with Crippen LogP contribution in [0.4, 0.5) is 0 Å². The summed E-state index contributed by atoms with van der Waals surface area (Å²) in [5.41, 5.74) is 1.26. The van der Waals surface area contributed by atoms with E-state index in [1.165, 1.54) is 5.56 Å². The monoisotopic (exact) mass is 254 g/mol. The second kappa shape index (κ2) is 4.03. The molecule has 1 aromatic carbocycles. The maximum Gasteiger partial charge on any atom is 0.139 e. The smallest absolute Gasteiger partial charge is 0.139 e. The average molecular weight is 254 g/mol. The Hall–Kier alpha value is -1.44. The predicted molar refractivity (Wildman–Crippen MR) is 71.5 cm³/mol. The van der Waals surface area contributed by atoms with Gasteiger partial charge < -0.3 is 0 Å². The summed E-state index contributed by atoms with van der Waals surface area (Å²) in [4.78, 5) is 24.7. The Balaban J connectivity index is 1.65. The standard InChI is InChI=1S/C17H18O2/c18-16-11-7-12-9-15(16)13(14(8-11)17(12)19)6-10-4-2-1-3-5-10/h1-5,11-15H,6-9H2/t11-,12-,14+,15+/m0/s1.